The first-order valence-corrected chi connectivity index (χ1v) is 13.3. The molecule has 3 heterocycles. The number of carbonyl (C=O) groups is 1. The van der Waals surface area contributed by atoms with Gasteiger partial charge in [0.2, 0.25) is 0 Å². The lowest BCUT2D eigenvalue weighted by Gasteiger charge is -2.12. The van der Waals surface area contributed by atoms with Crippen molar-refractivity contribution in [3.63, 3.8) is 0 Å². The predicted octanol–water partition coefficient (Wildman–Crippen LogP) is 5.40. The Labute approximate surface area is 202 Å². The zero-order chi connectivity index (χ0) is 23.7. The summed E-state index contributed by atoms with van der Waals surface area (Å²) in [5.41, 5.74) is 2.49. The summed E-state index contributed by atoms with van der Waals surface area (Å²) in [5.74, 6) is -0.687. The molecule has 5 aromatic rings. The lowest BCUT2D eigenvalue weighted by molar-refractivity contribution is 0.101. The summed E-state index contributed by atoms with van der Waals surface area (Å²) < 4.78 is 43.9. The van der Waals surface area contributed by atoms with E-state index in [1.165, 1.54) is 65.3 Å². The molecular formula is C23H17FN4O3S3. The molecule has 0 bridgehead atoms. The minimum atomic E-state index is -3.78. The van der Waals surface area contributed by atoms with Gasteiger partial charge in [-0.1, -0.05) is 12.1 Å². The Balaban J connectivity index is 1.37. The third kappa shape index (κ3) is 4.58. The number of nitrogens with one attached hydrogen (secondary N) is 2. The number of sulfonamides is 1. The van der Waals surface area contributed by atoms with E-state index in [1.54, 1.807) is 17.5 Å². The molecule has 0 atom stereocenters. The molecule has 1 amide bonds. The lowest BCUT2D eigenvalue weighted by Crippen LogP contribution is -2.18. The number of benzene rings is 2. The Kier molecular flexibility index (Phi) is 5.90. The number of halogens is 1. The molecule has 0 saturated heterocycles. The third-order valence-electron chi connectivity index (χ3n) is 5.06. The first kappa shape index (κ1) is 22.3. The van der Waals surface area contributed by atoms with E-state index in [4.69, 9.17) is 0 Å². The number of rotatable bonds is 7. The molecule has 0 aliphatic rings. The Hall–Kier alpha value is -3.54. The first-order chi connectivity index (χ1) is 16.4. The predicted molar refractivity (Wildman–Crippen MR) is 133 cm³/mol. The summed E-state index contributed by atoms with van der Waals surface area (Å²) in [4.78, 5) is 17.1. The van der Waals surface area contributed by atoms with Crippen molar-refractivity contribution >= 4 is 59.6 Å². The molecule has 172 valence electrons. The Morgan fingerprint density at radius 3 is 2.59 bits per heavy atom. The first-order valence-electron chi connectivity index (χ1n) is 10.0. The van der Waals surface area contributed by atoms with Crippen LogP contribution in [-0.4, -0.2) is 23.9 Å². The van der Waals surface area contributed by atoms with Gasteiger partial charge in [-0.05, 0) is 59.5 Å². The third-order valence-corrected chi connectivity index (χ3v) is 8.09. The van der Waals surface area contributed by atoms with E-state index in [9.17, 15) is 17.6 Å². The van der Waals surface area contributed by atoms with Crippen molar-refractivity contribution in [1.82, 2.24) is 9.55 Å². The van der Waals surface area contributed by atoms with E-state index in [0.29, 0.717) is 17.9 Å². The highest BCUT2D eigenvalue weighted by atomic mass is 32.2. The van der Waals surface area contributed by atoms with Crippen LogP contribution < -0.4 is 10.0 Å². The van der Waals surface area contributed by atoms with Crippen LogP contribution in [0, 0.1) is 5.82 Å². The van der Waals surface area contributed by atoms with Crippen LogP contribution in [0.1, 0.15) is 16.1 Å². The van der Waals surface area contributed by atoms with E-state index in [0.717, 1.165) is 15.8 Å². The fourth-order valence-electron chi connectivity index (χ4n) is 3.51. The zero-order valence-electron chi connectivity index (χ0n) is 17.4. The van der Waals surface area contributed by atoms with Gasteiger partial charge in [0.1, 0.15) is 11.5 Å². The highest BCUT2D eigenvalue weighted by Gasteiger charge is 2.19. The van der Waals surface area contributed by atoms with Gasteiger partial charge in [0.05, 0.1) is 15.1 Å². The van der Waals surface area contributed by atoms with E-state index < -0.39 is 10.0 Å². The molecular weight excluding hydrogens is 495 g/mol. The molecule has 0 unspecified atom stereocenters. The summed E-state index contributed by atoms with van der Waals surface area (Å²) in [6.07, 6.45) is 1.51. The maximum Gasteiger partial charge on any atom is 0.272 e. The van der Waals surface area contributed by atoms with Gasteiger partial charge in [0, 0.05) is 23.8 Å². The molecule has 2 N–H and O–H groups in total. The quantitative estimate of drug-likeness (QED) is 0.305. The van der Waals surface area contributed by atoms with Gasteiger partial charge in [-0.25, -0.2) is 17.8 Å². The second-order valence-electron chi connectivity index (χ2n) is 7.34. The molecule has 7 nitrogen and oxygen atoms in total. The van der Waals surface area contributed by atoms with E-state index in [2.05, 4.69) is 15.0 Å². The molecule has 0 radical (unpaired) electrons. The number of anilines is 2. The molecule has 5 rings (SSSR count). The van der Waals surface area contributed by atoms with Crippen molar-refractivity contribution in [2.45, 2.75) is 11.4 Å². The fraction of sp³-hybridized carbons (Fsp3) is 0.0435. The summed E-state index contributed by atoms with van der Waals surface area (Å²) in [6.45, 7) is 0.334. The second kappa shape index (κ2) is 9.01. The standard InChI is InChI=1S/C23H17FN4O3S3/c24-16-3-1-2-15(12-16)14-28-19-8-10-32-21(19)13-20(28)22(29)26-17-4-6-18(7-5-17)34(30,31)27-23-25-9-11-33-23/h1-13H,14H2,(H,25,27)(H,26,29). The Morgan fingerprint density at radius 2 is 1.85 bits per heavy atom. The Morgan fingerprint density at radius 1 is 1.03 bits per heavy atom. The highest BCUT2D eigenvalue weighted by Crippen LogP contribution is 2.27. The normalized spacial score (nSPS) is 11.6. The minimum absolute atomic E-state index is 0.0516. The average Bonchev–Trinajstić information content (AvgIpc) is 3.53. The van der Waals surface area contributed by atoms with Gasteiger partial charge in [-0.2, -0.15) is 0 Å². The van der Waals surface area contributed by atoms with Gasteiger partial charge >= 0.3 is 0 Å². The number of nitrogens with zero attached hydrogens (tertiary/aromatic N) is 2. The summed E-state index contributed by atoms with van der Waals surface area (Å²) in [7, 11) is -3.78. The lowest BCUT2D eigenvalue weighted by atomic mass is 10.2. The second-order valence-corrected chi connectivity index (χ2v) is 10.9. The summed E-state index contributed by atoms with van der Waals surface area (Å²) in [5, 5.41) is 6.70. The topological polar surface area (TPSA) is 93.1 Å². The van der Waals surface area contributed by atoms with E-state index in [1.807, 2.05) is 22.1 Å². The van der Waals surface area contributed by atoms with Crippen LogP contribution in [0.15, 0.2) is 82.5 Å². The number of fused-ring (bicyclic) bond motifs is 1. The van der Waals surface area contributed by atoms with Crippen LogP contribution in [0.4, 0.5) is 15.2 Å². The molecule has 0 spiro atoms. The zero-order valence-corrected chi connectivity index (χ0v) is 19.9. The van der Waals surface area contributed by atoms with Crippen molar-refractivity contribution < 1.29 is 17.6 Å². The SMILES string of the molecule is O=C(Nc1ccc(S(=O)(=O)Nc2nccs2)cc1)c1cc2sccc2n1Cc1cccc(F)c1. The van der Waals surface area contributed by atoms with Crippen molar-refractivity contribution in [2.75, 3.05) is 10.0 Å². The van der Waals surface area contributed by atoms with Gasteiger partial charge in [0.25, 0.3) is 15.9 Å². The molecule has 0 aliphatic heterocycles. The van der Waals surface area contributed by atoms with Crippen LogP contribution in [0.25, 0.3) is 10.2 Å². The van der Waals surface area contributed by atoms with Gasteiger partial charge in [-0.3, -0.25) is 9.52 Å². The van der Waals surface area contributed by atoms with Crippen molar-refractivity contribution in [2.24, 2.45) is 0 Å². The Bertz CT molecular complexity index is 1570. The van der Waals surface area contributed by atoms with Crippen molar-refractivity contribution in [3.05, 3.63) is 94.7 Å². The highest BCUT2D eigenvalue weighted by molar-refractivity contribution is 7.93. The van der Waals surface area contributed by atoms with E-state index >= 15 is 0 Å². The maximum atomic E-state index is 13.7. The summed E-state index contributed by atoms with van der Waals surface area (Å²) in [6, 6.07) is 15.9. The summed E-state index contributed by atoms with van der Waals surface area (Å²) >= 11 is 2.69. The van der Waals surface area contributed by atoms with Crippen LogP contribution in [-0.2, 0) is 16.6 Å². The number of hydrogen-bond acceptors (Lipinski definition) is 6. The van der Waals surface area contributed by atoms with Crippen LogP contribution in [0.2, 0.25) is 0 Å². The van der Waals surface area contributed by atoms with Gasteiger partial charge in [0.15, 0.2) is 5.13 Å². The van der Waals surface area contributed by atoms with E-state index in [-0.39, 0.29) is 21.8 Å². The molecule has 2 aromatic carbocycles. The van der Waals surface area contributed by atoms with Gasteiger partial charge < -0.3 is 9.88 Å². The van der Waals surface area contributed by atoms with Gasteiger partial charge in [-0.15, -0.1) is 22.7 Å². The molecule has 3 aromatic heterocycles. The number of aromatic nitrogens is 2. The average molecular weight is 513 g/mol. The smallest absolute Gasteiger partial charge is 0.272 e. The number of carbonyl (C=O) groups excluding carboxylic acids is 1. The largest absolute Gasteiger partial charge is 0.331 e. The molecule has 34 heavy (non-hydrogen) atoms. The van der Waals surface area contributed by atoms with Crippen LogP contribution in [0.3, 0.4) is 0 Å². The van der Waals surface area contributed by atoms with Crippen LogP contribution >= 0.6 is 22.7 Å². The molecule has 11 heteroatoms. The number of hydrogen-bond donors (Lipinski definition) is 2. The molecule has 0 saturated carbocycles. The number of thiophene rings is 1. The maximum absolute atomic E-state index is 13.7. The van der Waals surface area contributed by atoms with Crippen molar-refractivity contribution in [3.8, 4) is 0 Å². The van der Waals surface area contributed by atoms with Crippen molar-refractivity contribution in [1.29, 1.82) is 0 Å². The number of amides is 1. The monoisotopic (exact) mass is 512 g/mol. The van der Waals surface area contributed by atoms with Crippen LogP contribution in [0.5, 0.6) is 0 Å². The number of thiazole rings is 1. The molecule has 0 fully saturated rings. The fourth-order valence-corrected chi connectivity index (χ4v) is 6.12. The molecule has 0 aliphatic carbocycles. The minimum Gasteiger partial charge on any atom is -0.331 e.